The van der Waals surface area contributed by atoms with E-state index in [1.165, 1.54) is 18.4 Å². The van der Waals surface area contributed by atoms with Crippen molar-refractivity contribution in [3.8, 4) is 5.75 Å². The third-order valence-corrected chi connectivity index (χ3v) is 5.37. The molecule has 2 saturated heterocycles. The topological polar surface area (TPSA) is 32.8 Å². The normalized spacial score (nSPS) is 22.1. The first-order chi connectivity index (χ1) is 10.6. The van der Waals surface area contributed by atoms with Crippen molar-refractivity contribution in [1.29, 1.82) is 0 Å². The Morgan fingerprint density at radius 3 is 2.59 bits per heavy atom. The van der Waals surface area contributed by atoms with E-state index >= 15 is 0 Å². The lowest BCUT2D eigenvalue weighted by molar-refractivity contribution is -0.137. The van der Waals surface area contributed by atoms with Crippen molar-refractivity contribution in [1.82, 2.24) is 9.80 Å². The van der Waals surface area contributed by atoms with Gasteiger partial charge < -0.3 is 9.64 Å². The van der Waals surface area contributed by atoms with Crippen LogP contribution < -0.4 is 4.74 Å². The maximum atomic E-state index is 11.7. The number of hydrogen-bond donors (Lipinski definition) is 0. The molecule has 4 heteroatoms. The molecule has 3 rings (SSSR count). The van der Waals surface area contributed by atoms with Gasteiger partial charge in [0.05, 0.1) is 7.11 Å². The molecular formula is C18H26N2O2. The quantitative estimate of drug-likeness (QED) is 0.860. The summed E-state index contributed by atoms with van der Waals surface area (Å²) in [5.41, 5.74) is 1.62. The van der Waals surface area contributed by atoms with Gasteiger partial charge in [-0.25, -0.2) is 0 Å². The second kappa shape index (κ2) is 6.29. The van der Waals surface area contributed by atoms with Gasteiger partial charge >= 0.3 is 0 Å². The molecule has 0 aliphatic carbocycles. The van der Waals surface area contributed by atoms with E-state index < -0.39 is 0 Å². The summed E-state index contributed by atoms with van der Waals surface area (Å²) < 4.78 is 5.45. The van der Waals surface area contributed by atoms with Crippen molar-refractivity contribution in [2.75, 3.05) is 33.8 Å². The van der Waals surface area contributed by atoms with Crippen molar-refractivity contribution in [3.05, 3.63) is 29.8 Å². The fourth-order valence-corrected chi connectivity index (χ4v) is 3.90. The second-order valence-corrected chi connectivity index (χ2v) is 6.84. The number of para-hydroxylation sites is 1. The summed E-state index contributed by atoms with van der Waals surface area (Å²) >= 11 is 0. The van der Waals surface area contributed by atoms with E-state index in [0.29, 0.717) is 11.3 Å². The van der Waals surface area contributed by atoms with Crippen LogP contribution in [0.2, 0.25) is 0 Å². The van der Waals surface area contributed by atoms with Gasteiger partial charge in [-0.15, -0.1) is 0 Å². The maximum absolute atomic E-state index is 11.7. The Hall–Kier alpha value is -1.55. The van der Waals surface area contributed by atoms with Crippen LogP contribution in [-0.4, -0.2) is 49.5 Å². The van der Waals surface area contributed by atoms with Crippen molar-refractivity contribution in [2.45, 2.75) is 32.2 Å². The molecule has 2 aliphatic rings. The highest BCUT2D eigenvalue weighted by molar-refractivity contribution is 5.76. The molecule has 4 nitrogen and oxygen atoms in total. The number of nitrogens with zero attached hydrogens (tertiary/aromatic N) is 2. The summed E-state index contributed by atoms with van der Waals surface area (Å²) in [5, 5.41) is 0. The summed E-state index contributed by atoms with van der Waals surface area (Å²) in [5.74, 6) is 1.29. The van der Waals surface area contributed by atoms with Crippen molar-refractivity contribution in [2.24, 2.45) is 5.41 Å². The summed E-state index contributed by atoms with van der Waals surface area (Å²) in [6.07, 6.45) is 4.18. The van der Waals surface area contributed by atoms with E-state index in [4.69, 9.17) is 4.74 Å². The summed E-state index contributed by atoms with van der Waals surface area (Å²) in [4.78, 5) is 16.1. The van der Waals surface area contributed by atoms with Crippen LogP contribution >= 0.6 is 0 Å². The minimum Gasteiger partial charge on any atom is -0.496 e. The van der Waals surface area contributed by atoms with Gasteiger partial charge in [-0.1, -0.05) is 18.2 Å². The number of hydrogen-bond acceptors (Lipinski definition) is 3. The van der Waals surface area contributed by atoms with E-state index in [2.05, 4.69) is 17.0 Å². The number of carbonyl (C=O) groups excluding carboxylic acids is 1. The van der Waals surface area contributed by atoms with Crippen LogP contribution in [0, 0.1) is 5.41 Å². The number of methoxy groups -OCH3 is 1. The SMILES string of the molecule is COc1ccccc1CN1CCC2(CCC(=O)N(C)C2)CC1. The number of amides is 1. The average molecular weight is 302 g/mol. The number of benzene rings is 1. The molecule has 1 spiro atoms. The largest absolute Gasteiger partial charge is 0.496 e. The van der Waals surface area contributed by atoms with Gasteiger partial charge in [-0.2, -0.15) is 0 Å². The van der Waals surface area contributed by atoms with Gasteiger partial charge in [0, 0.05) is 32.1 Å². The van der Waals surface area contributed by atoms with Gasteiger partial charge in [-0.3, -0.25) is 9.69 Å². The predicted octanol–water partition coefficient (Wildman–Crippen LogP) is 2.53. The minimum atomic E-state index is 0.307. The zero-order chi connectivity index (χ0) is 15.6. The average Bonchev–Trinajstić information content (AvgIpc) is 2.54. The molecule has 0 atom stereocenters. The number of rotatable bonds is 3. The first-order valence-corrected chi connectivity index (χ1v) is 8.20. The summed E-state index contributed by atoms with van der Waals surface area (Å²) in [6, 6.07) is 8.27. The fraction of sp³-hybridized carbons (Fsp3) is 0.611. The van der Waals surface area contributed by atoms with Crippen molar-refractivity contribution >= 4 is 5.91 Å². The molecule has 0 aromatic heterocycles. The molecule has 0 saturated carbocycles. The third kappa shape index (κ3) is 3.12. The number of carbonyl (C=O) groups is 1. The minimum absolute atomic E-state index is 0.307. The molecular weight excluding hydrogens is 276 g/mol. The molecule has 2 heterocycles. The molecule has 120 valence electrons. The molecule has 0 unspecified atom stereocenters. The number of piperidine rings is 2. The van der Waals surface area contributed by atoms with Crippen LogP contribution in [0.4, 0.5) is 0 Å². The fourth-order valence-electron chi connectivity index (χ4n) is 3.90. The van der Waals surface area contributed by atoms with E-state index in [0.717, 1.165) is 44.8 Å². The van der Waals surface area contributed by atoms with E-state index in [9.17, 15) is 4.79 Å². The number of likely N-dealkylation sites (tertiary alicyclic amines) is 2. The standard InChI is InChI=1S/C18H26N2O2/c1-19-14-18(8-7-17(19)21)9-11-20(12-10-18)13-15-5-3-4-6-16(15)22-2/h3-6H,7-14H2,1-2H3. The smallest absolute Gasteiger partial charge is 0.222 e. The molecule has 1 aromatic rings. The molecule has 22 heavy (non-hydrogen) atoms. The van der Waals surface area contributed by atoms with E-state index in [1.807, 2.05) is 24.1 Å². The molecule has 0 radical (unpaired) electrons. The van der Waals surface area contributed by atoms with Gasteiger partial charge in [0.15, 0.2) is 0 Å². The Kier molecular flexibility index (Phi) is 4.39. The Morgan fingerprint density at radius 2 is 1.91 bits per heavy atom. The first-order valence-electron chi connectivity index (χ1n) is 8.20. The van der Waals surface area contributed by atoms with E-state index in [1.54, 1.807) is 7.11 Å². The monoisotopic (exact) mass is 302 g/mol. The lowest BCUT2D eigenvalue weighted by Crippen LogP contribution is -2.50. The predicted molar refractivity (Wildman–Crippen MR) is 86.8 cm³/mol. The van der Waals surface area contributed by atoms with Gasteiger partial charge in [0.25, 0.3) is 0 Å². The Bertz CT molecular complexity index is 536. The first kappa shape index (κ1) is 15.3. The van der Waals surface area contributed by atoms with E-state index in [-0.39, 0.29) is 0 Å². The van der Waals surface area contributed by atoms with Crippen molar-refractivity contribution < 1.29 is 9.53 Å². The highest BCUT2D eigenvalue weighted by Gasteiger charge is 2.39. The van der Waals surface area contributed by atoms with Crippen molar-refractivity contribution in [3.63, 3.8) is 0 Å². The van der Waals surface area contributed by atoms with Crippen LogP contribution in [-0.2, 0) is 11.3 Å². The summed E-state index contributed by atoms with van der Waals surface area (Å²) in [6.45, 7) is 4.11. The summed E-state index contributed by atoms with van der Waals surface area (Å²) in [7, 11) is 3.68. The van der Waals surface area contributed by atoms with Crippen LogP contribution in [0.3, 0.4) is 0 Å². The molecule has 1 aromatic carbocycles. The molecule has 0 bridgehead atoms. The van der Waals surface area contributed by atoms with Gasteiger partial charge in [0.1, 0.15) is 5.75 Å². The number of ether oxygens (including phenoxy) is 1. The molecule has 1 amide bonds. The molecule has 0 N–H and O–H groups in total. The Labute approximate surface area is 133 Å². The maximum Gasteiger partial charge on any atom is 0.222 e. The van der Waals surface area contributed by atoms with Crippen LogP contribution in [0.1, 0.15) is 31.2 Å². The van der Waals surface area contributed by atoms with Crippen LogP contribution in [0.25, 0.3) is 0 Å². The lowest BCUT2D eigenvalue weighted by Gasteiger charge is -2.46. The highest BCUT2D eigenvalue weighted by Crippen LogP contribution is 2.40. The van der Waals surface area contributed by atoms with Crippen LogP contribution in [0.5, 0.6) is 5.75 Å². The zero-order valence-electron chi connectivity index (χ0n) is 13.7. The molecule has 2 aliphatic heterocycles. The van der Waals surface area contributed by atoms with Gasteiger partial charge in [0.2, 0.25) is 5.91 Å². The molecule has 2 fully saturated rings. The van der Waals surface area contributed by atoms with Gasteiger partial charge in [-0.05, 0) is 43.8 Å². The zero-order valence-corrected chi connectivity index (χ0v) is 13.7. The highest BCUT2D eigenvalue weighted by atomic mass is 16.5. The second-order valence-electron chi connectivity index (χ2n) is 6.84. The van der Waals surface area contributed by atoms with Crippen LogP contribution in [0.15, 0.2) is 24.3 Å². The Morgan fingerprint density at radius 1 is 1.18 bits per heavy atom. The Balaban J connectivity index is 1.59. The third-order valence-electron chi connectivity index (χ3n) is 5.37. The lowest BCUT2D eigenvalue weighted by atomic mass is 9.72.